The first-order valence-corrected chi connectivity index (χ1v) is 5.92. The van der Waals surface area contributed by atoms with Gasteiger partial charge in [0.05, 0.1) is 0 Å². The molecule has 92 valence electrons. The molecule has 0 radical (unpaired) electrons. The second-order valence-electron chi connectivity index (χ2n) is 4.81. The van der Waals surface area contributed by atoms with E-state index in [1.54, 1.807) is 6.08 Å². The largest absolute Gasteiger partial charge is 0.309 e. The predicted octanol–water partition coefficient (Wildman–Crippen LogP) is 2.78. The highest BCUT2D eigenvalue weighted by atomic mass is 16.1. The second-order valence-corrected chi connectivity index (χ2v) is 4.81. The fourth-order valence-electron chi connectivity index (χ4n) is 1.75. The lowest BCUT2D eigenvalue weighted by atomic mass is 10.0. The molecule has 0 saturated carbocycles. The standard InChI is InChI=1S/C15H21NO/c1-12-6-5-7-14(10-12)8-9-15(17)13(2)11-16(3)4/h5-10,13H,11H2,1-4H3/b9-8+/t13-/m0/s1. The van der Waals surface area contributed by atoms with Crippen molar-refractivity contribution in [2.24, 2.45) is 5.92 Å². The van der Waals surface area contributed by atoms with Crippen molar-refractivity contribution in [1.29, 1.82) is 0 Å². The van der Waals surface area contributed by atoms with Gasteiger partial charge in [0.25, 0.3) is 0 Å². The van der Waals surface area contributed by atoms with Crippen molar-refractivity contribution in [1.82, 2.24) is 4.90 Å². The van der Waals surface area contributed by atoms with Gasteiger partial charge < -0.3 is 4.90 Å². The van der Waals surface area contributed by atoms with Gasteiger partial charge in [0.2, 0.25) is 0 Å². The molecule has 0 N–H and O–H groups in total. The molecule has 0 heterocycles. The van der Waals surface area contributed by atoms with Crippen LogP contribution < -0.4 is 0 Å². The number of carbonyl (C=O) groups excluding carboxylic acids is 1. The maximum atomic E-state index is 11.8. The van der Waals surface area contributed by atoms with Crippen LogP contribution in [-0.4, -0.2) is 31.3 Å². The summed E-state index contributed by atoms with van der Waals surface area (Å²) in [4.78, 5) is 13.9. The van der Waals surface area contributed by atoms with Gasteiger partial charge in [0.1, 0.15) is 0 Å². The van der Waals surface area contributed by atoms with Crippen LogP contribution in [-0.2, 0) is 4.79 Å². The highest BCUT2D eigenvalue weighted by Crippen LogP contribution is 2.07. The maximum absolute atomic E-state index is 11.8. The summed E-state index contributed by atoms with van der Waals surface area (Å²) in [7, 11) is 3.96. The van der Waals surface area contributed by atoms with Crippen molar-refractivity contribution in [3.63, 3.8) is 0 Å². The van der Waals surface area contributed by atoms with Crippen LogP contribution in [0, 0.1) is 12.8 Å². The number of rotatable bonds is 5. The summed E-state index contributed by atoms with van der Waals surface area (Å²) in [5, 5.41) is 0. The Morgan fingerprint density at radius 2 is 2.12 bits per heavy atom. The normalized spacial score (nSPS) is 13.2. The van der Waals surface area contributed by atoms with Crippen LogP contribution in [0.25, 0.3) is 6.08 Å². The summed E-state index contributed by atoms with van der Waals surface area (Å²) in [5.41, 5.74) is 2.29. The van der Waals surface area contributed by atoms with Crippen molar-refractivity contribution in [3.8, 4) is 0 Å². The molecular formula is C15H21NO. The minimum absolute atomic E-state index is 0.0473. The van der Waals surface area contributed by atoms with Gasteiger partial charge in [-0.25, -0.2) is 0 Å². The topological polar surface area (TPSA) is 20.3 Å². The van der Waals surface area contributed by atoms with Gasteiger partial charge in [-0.1, -0.05) is 42.8 Å². The lowest BCUT2D eigenvalue weighted by Gasteiger charge is -2.13. The third-order valence-corrected chi connectivity index (χ3v) is 2.61. The zero-order valence-electron chi connectivity index (χ0n) is 11.1. The minimum atomic E-state index is 0.0473. The van der Waals surface area contributed by atoms with Crippen molar-refractivity contribution in [3.05, 3.63) is 41.5 Å². The van der Waals surface area contributed by atoms with Crippen LogP contribution in [0.1, 0.15) is 18.1 Å². The molecule has 1 atom stereocenters. The fraction of sp³-hybridized carbons (Fsp3) is 0.400. The Kier molecular flexibility index (Phi) is 5.11. The summed E-state index contributed by atoms with van der Waals surface area (Å²) >= 11 is 0. The van der Waals surface area contributed by atoms with Gasteiger partial charge in [-0.2, -0.15) is 0 Å². The van der Waals surface area contributed by atoms with Gasteiger partial charge in [-0.3, -0.25) is 4.79 Å². The average Bonchev–Trinajstić information content (AvgIpc) is 2.25. The summed E-state index contributed by atoms with van der Waals surface area (Å²) < 4.78 is 0. The second kappa shape index (κ2) is 6.36. The first kappa shape index (κ1) is 13.7. The summed E-state index contributed by atoms with van der Waals surface area (Å²) in [6.45, 7) is 4.80. The van der Waals surface area contributed by atoms with E-state index in [1.807, 2.05) is 57.1 Å². The molecule has 0 fully saturated rings. The van der Waals surface area contributed by atoms with Gasteiger partial charge >= 0.3 is 0 Å². The van der Waals surface area contributed by atoms with E-state index in [1.165, 1.54) is 5.56 Å². The zero-order valence-corrected chi connectivity index (χ0v) is 11.1. The van der Waals surface area contributed by atoms with Gasteiger partial charge in [0.15, 0.2) is 5.78 Å². The van der Waals surface area contributed by atoms with Crippen LogP contribution in [0.5, 0.6) is 0 Å². The Labute approximate surface area is 104 Å². The van der Waals surface area contributed by atoms with E-state index in [2.05, 4.69) is 6.07 Å². The molecule has 0 amide bonds. The van der Waals surface area contributed by atoms with Crippen LogP contribution >= 0.6 is 0 Å². The zero-order chi connectivity index (χ0) is 12.8. The minimum Gasteiger partial charge on any atom is -0.309 e. The number of hydrogen-bond donors (Lipinski definition) is 0. The molecule has 1 aromatic rings. The van der Waals surface area contributed by atoms with Crippen molar-refractivity contribution >= 4 is 11.9 Å². The smallest absolute Gasteiger partial charge is 0.159 e. The molecule has 0 aromatic heterocycles. The number of benzene rings is 1. The predicted molar refractivity (Wildman–Crippen MR) is 72.9 cm³/mol. The molecule has 0 aliphatic carbocycles. The fourth-order valence-corrected chi connectivity index (χ4v) is 1.75. The monoisotopic (exact) mass is 231 g/mol. The van der Waals surface area contributed by atoms with E-state index >= 15 is 0 Å². The lowest BCUT2D eigenvalue weighted by molar-refractivity contribution is -0.118. The Balaban J connectivity index is 2.62. The number of nitrogens with zero attached hydrogens (tertiary/aromatic N) is 1. The molecule has 0 bridgehead atoms. The van der Waals surface area contributed by atoms with Crippen LogP contribution in [0.3, 0.4) is 0 Å². The van der Waals surface area contributed by atoms with Gasteiger partial charge in [-0.15, -0.1) is 0 Å². The van der Waals surface area contributed by atoms with Crippen molar-refractivity contribution < 1.29 is 4.79 Å². The van der Waals surface area contributed by atoms with Gasteiger partial charge in [0, 0.05) is 12.5 Å². The average molecular weight is 231 g/mol. The first-order chi connectivity index (χ1) is 7.99. The highest BCUT2D eigenvalue weighted by Gasteiger charge is 2.10. The molecule has 0 unspecified atom stereocenters. The Bertz CT molecular complexity index is 407. The molecule has 1 rings (SSSR count). The van der Waals surface area contributed by atoms with E-state index in [0.29, 0.717) is 0 Å². The molecule has 0 saturated heterocycles. The highest BCUT2D eigenvalue weighted by molar-refractivity contribution is 5.95. The third kappa shape index (κ3) is 4.96. The molecule has 2 nitrogen and oxygen atoms in total. The summed E-state index contributed by atoms with van der Waals surface area (Å²) in [5.74, 6) is 0.228. The number of aryl methyl sites for hydroxylation is 1. The Morgan fingerprint density at radius 1 is 1.41 bits per heavy atom. The van der Waals surface area contributed by atoms with Crippen LogP contribution in [0.2, 0.25) is 0 Å². The van der Waals surface area contributed by atoms with Gasteiger partial charge in [-0.05, 0) is 32.7 Å². The maximum Gasteiger partial charge on any atom is 0.159 e. The third-order valence-electron chi connectivity index (χ3n) is 2.61. The van der Waals surface area contributed by atoms with E-state index < -0.39 is 0 Å². The Morgan fingerprint density at radius 3 is 2.71 bits per heavy atom. The SMILES string of the molecule is Cc1cccc(/C=C/C(=O)[C@@H](C)CN(C)C)c1. The number of hydrogen-bond acceptors (Lipinski definition) is 2. The van der Waals surface area contributed by atoms with Crippen molar-refractivity contribution in [2.75, 3.05) is 20.6 Å². The molecule has 0 aliphatic heterocycles. The molecule has 0 aliphatic rings. The number of carbonyl (C=O) groups is 1. The molecule has 0 spiro atoms. The van der Waals surface area contributed by atoms with Crippen molar-refractivity contribution in [2.45, 2.75) is 13.8 Å². The molecule has 17 heavy (non-hydrogen) atoms. The molecule has 2 heteroatoms. The Hall–Kier alpha value is -1.41. The van der Waals surface area contributed by atoms with Crippen LogP contribution in [0.4, 0.5) is 0 Å². The quantitative estimate of drug-likeness (QED) is 0.726. The van der Waals surface area contributed by atoms with E-state index in [4.69, 9.17) is 0 Å². The first-order valence-electron chi connectivity index (χ1n) is 5.92. The summed E-state index contributed by atoms with van der Waals surface area (Å²) in [6, 6.07) is 8.13. The van der Waals surface area contributed by atoms with E-state index in [0.717, 1.165) is 12.1 Å². The van der Waals surface area contributed by atoms with Crippen LogP contribution in [0.15, 0.2) is 30.3 Å². The van der Waals surface area contributed by atoms with E-state index in [-0.39, 0.29) is 11.7 Å². The number of ketones is 1. The molecule has 1 aromatic carbocycles. The summed E-state index contributed by atoms with van der Waals surface area (Å²) in [6.07, 6.45) is 3.57. The molecular weight excluding hydrogens is 210 g/mol. The van der Waals surface area contributed by atoms with E-state index in [9.17, 15) is 4.79 Å². The lowest BCUT2D eigenvalue weighted by Crippen LogP contribution is -2.24. The number of allylic oxidation sites excluding steroid dienone is 1.